The summed E-state index contributed by atoms with van der Waals surface area (Å²) in [5.41, 5.74) is 1.41. The van der Waals surface area contributed by atoms with Crippen LogP contribution in [0.5, 0.6) is 0 Å². The van der Waals surface area contributed by atoms with Crippen molar-refractivity contribution in [2.75, 3.05) is 25.5 Å². The number of piperidine rings is 1. The first-order valence-electron chi connectivity index (χ1n) is 6.86. The van der Waals surface area contributed by atoms with Crippen molar-refractivity contribution in [3.63, 3.8) is 0 Å². The maximum absolute atomic E-state index is 12.4. The Labute approximate surface area is 126 Å². The Bertz CT molecular complexity index is 428. The number of hydrogen-bond donors (Lipinski definition) is 2. The van der Waals surface area contributed by atoms with Crippen LogP contribution in [-0.4, -0.2) is 31.7 Å². The fraction of sp³-hybridized carbons (Fsp3) is 0.533. The largest absolute Gasteiger partial charge is 0.368 e. The van der Waals surface area contributed by atoms with E-state index >= 15 is 0 Å². The molecule has 0 aromatic heterocycles. The number of benzene rings is 1. The molecule has 0 bridgehead atoms. The highest BCUT2D eigenvalue weighted by atomic mass is 35.5. The Hall–Kier alpha value is -1.10. The lowest BCUT2D eigenvalue weighted by molar-refractivity contribution is -0.140. The van der Waals surface area contributed by atoms with E-state index in [1.807, 2.05) is 24.3 Å². The number of anilines is 1. The third kappa shape index (κ3) is 3.72. The van der Waals surface area contributed by atoms with E-state index in [2.05, 4.69) is 17.6 Å². The van der Waals surface area contributed by atoms with Gasteiger partial charge in [0, 0.05) is 12.8 Å². The first kappa shape index (κ1) is 17.0. The molecule has 5 heteroatoms. The highest BCUT2D eigenvalue weighted by Gasteiger charge is 2.39. The molecular formula is C15H23ClN2O2. The normalized spacial score (nSPS) is 17.1. The Morgan fingerprint density at radius 1 is 1.30 bits per heavy atom. The molecule has 1 amide bonds. The highest BCUT2D eigenvalue weighted by molar-refractivity contribution is 5.97. The van der Waals surface area contributed by atoms with Crippen molar-refractivity contribution in [2.24, 2.45) is 0 Å². The van der Waals surface area contributed by atoms with Gasteiger partial charge in [-0.3, -0.25) is 4.79 Å². The molecule has 112 valence electrons. The van der Waals surface area contributed by atoms with E-state index in [0.29, 0.717) is 12.8 Å². The van der Waals surface area contributed by atoms with Crippen LogP contribution < -0.4 is 10.6 Å². The van der Waals surface area contributed by atoms with Crippen LogP contribution in [-0.2, 0) is 16.0 Å². The molecule has 20 heavy (non-hydrogen) atoms. The smallest absolute Gasteiger partial charge is 0.256 e. The Morgan fingerprint density at radius 3 is 2.40 bits per heavy atom. The van der Waals surface area contributed by atoms with Crippen LogP contribution in [0.15, 0.2) is 24.3 Å². The fourth-order valence-electron chi connectivity index (χ4n) is 2.42. The summed E-state index contributed by atoms with van der Waals surface area (Å²) < 4.78 is 5.51. The van der Waals surface area contributed by atoms with Gasteiger partial charge in [-0.05, 0) is 50.0 Å². The zero-order valence-electron chi connectivity index (χ0n) is 12.1. The number of ether oxygens (including phenoxy) is 1. The molecule has 4 nitrogen and oxygen atoms in total. The molecule has 0 unspecified atom stereocenters. The van der Waals surface area contributed by atoms with Crippen molar-refractivity contribution in [2.45, 2.75) is 31.8 Å². The maximum Gasteiger partial charge on any atom is 0.256 e. The number of nitrogens with one attached hydrogen (secondary N) is 2. The molecule has 1 aromatic rings. The van der Waals surface area contributed by atoms with E-state index in [1.54, 1.807) is 7.11 Å². The molecule has 1 aliphatic heterocycles. The SMILES string of the molecule is CCc1ccc(NC(=O)C2(OC)CCNCC2)cc1.Cl. The second kappa shape index (κ2) is 7.62. The topological polar surface area (TPSA) is 50.4 Å². The molecule has 1 aromatic carbocycles. The first-order chi connectivity index (χ1) is 9.20. The number of rotatable bonds is 4. The number of methoxy groups -OCH3 is 1. The highest BCUT2D eigenvalue weighted by Crippen LogP contribution is 2.24. The molecule has 1 heterocycles. The van der Waals surface area contributed by atoms with Gasteiger partial charge in [-0.1, -0.05) is 19.1 Å². The molecule has 0 aliphatic carbocycles. The third-order valence-electron chi connectivity index (χ3n) is 3.84. The lowest BCUT2D eigenvalue weighted by atomic mass is 9.91. The molecule has 0 spiro atoms. The van der Waals surface area contributed by atoms with Gasteiger partial charge in [0.25, 0.3) is 5.91 Å². The molecule has 1 aliphatic rings. The fourth-order valence-corrected chi connectivity index (χ4v) is 2.42. The molecular weight excluding hydrogens is 276 g/mol. The standard InChI is InChI=1S/C15H22N2O2.ClH/c1-3-12-4-6-13(7-5-12)17-14(18)15(19-2)8-10-16-11-9-15;/h4-7,16H,3,8-11H2,1-2H3,(H,17,18);1H. The number of carbonyl (C=O) groups is 1. The number of carbonyl (C=O) groups excluding carboxylic acids is 1. The predicted octanol–water partition coefficient (Wildman–Crippen LogP) is 2.38. The van der Waals surface area contributed by atoms with Gasteiger partial charge in [0.2, 0.25) is 0 Å². The second-order valence-electron chi connectivity index (χ2n) is 4.95. The molecule has 1 saturated heterocycles. The number of halogens is 1. The lowest BCUT2D eigenvalue weighted by Gasteiger charge is -2.34. The maximum atomic E-state index is 12.4. The number of amides is 1. The van der Waals surface area contributed by atoms with Crippen molar-refractivity contribution in [1.29, 1.82) is 0 Å². The lowest BCUT2D eigenvalue weighted by Crippen LogP contribution is -2.51. The van der Waals surface area contributed by atoms with Crippen LogP contribution in [0.25, 0.3) is 0 Å². The second-order valence-corrected chi connectivity index (χ2v) is 4.95. The van der Waals surface area contributed by atoms with E-state index in [1.165, 1.54) is 5.56 Å². The van der Waals surface area contributed by atoms with E-state index in [4.69, 9.17) is 4.74 Å². The van der Waals surface area contributed by atoms with Gasteiger partial charge in [0.05, 0.1) is 0 Å². The van der Waals surface area contributed by atoms with Gasteiger partial charge in [0.15, 0.2) is 0 Å². The summed E-state index contributed by atoms with van der Waals surface area (Å²) in [6.45, 7) is 3.74. The Morgan fingerprint density at radius 2 is 1.90 bits per heavy atom. The Kier molecular flexibility index (Phi) is 6.46. The van der Waals surface area contributed by atoms with Gasteiger partial charge in [0.1, 0.15) is 5.60 Å². The van der Waals surface area contributed by atoms with Crippen molar-refractivity contribution in [1.82, 2.24) is 5.32 Å². The van der Waals surface area contributed by atoms with E-state index in [0.717, 1.165) is 25.2 Å². The van der Waals surface area contributed by atoms with Crippen molar-refractivity contribution in [3.8, 4) is 0 Å². The van der Waals surface area contributed by atoms with Crippen molar-refractivity contribution < 1.29 is 9.53 Å². The minimum Gasteiger partial charge on any atom is -0.368 e. The average Bonchev–Trinajstić information content (AvgIpc) is 2.48. The summed E-state index contributed by atoms with van der Waals surface area (Å²) in [6, 6.07) is 7.97. The van der Waals surface area contributed by atoms with E-state index in [9.17, 15) is 4.79 Å². The van der Waals surface area contributed by atoms with Gasteiger partial charge >= 0.3 is 0 Å². The summed E-state index contributed by atoms with van der Waals surface area (Å²) in [5.74, 6) is -0.0410. The molecule has 2 N–H and O–H groups in total. The van der Waals surface area contributed by atoms with Crippen LogP contribution in [0.3, 0.4) is 0 Å². The van der Waals surface area contributed by atoms with Crippen LogP contribution >= 0.6 is 12.4 Å². The number of hydrogen-bond acceptors (Lipinski definition) is 3. The van der Waals surface area contributed by atoms with E-state index in [-0.39, 0.29) is 18.3 Å². The van der Waals surface area contributed by atoms with Crippen LogP contribution in [0.4, 0.5) is 5.69 Å². The van der Waals surface area contributed by atoms with Gasteiger partial charge in [-0.25, -0.2) is 0 Å². The van der Waals surface area contributed by atoms with Crippen LogP contribution in [0.2, 0.25) is 0 Å². The van der Waals surface area contributed by atoms with Crippen LogP contribution in [0.1, 0.15) is 25.3 Å². The minimum atomic E-state index is -0.686. The van der Waals surface area contributed by atoms with E-state index < -0.39 is 5.60 Å². The molecule has 0 radical (unpaired) electrons. The van der Waals surface area contributed by atoms with Crippen LogP contribution in [0, 0.1) is 0 Å². The minimum absolute atomic E-state index is 0. The monoisotopic (exact) mass is 298 g/mol. The molecule has 2 rings (SSSR count). The summed E-state index contributed by atoms with van der Waals surface area (Å²) >= 11 is 0. The van der Waals surface area contributed by atoms with Crippen molar-refractivity contribution >= 4 is 24.0 Å². The predicted molar refractivity (Wildman–Crippen MR) is 83.5 cm³/mol. The molecule has 0 saturated carbocycles. The summed E-state index contributed by atoms with van der Waals surface area (Å²) in [6.07, 6.45) is 2.42. The quantitative estimate of drug-likeness (QED) is 0.897. The summed E-state index contributed by atoms with van der Waals surface area (Å²) in [5, 5.41) is 6.21. The molecule has 1 fully saturated rings. The zero-order valence-corrected chi connectivity index (χ0v) is 12.9. The Balaban J connectivity index is 0.00000200. The zero-order chi connectivity index (χ0) is 13.7. The molecule has 0 atom stereocenters. The number of aryl methyl sites for hydroxylation is 1. The summed E-state index contributed by atoms with van der Waals surface area (Å²) in [4.78, 5) is 12.4. The summed E-state index contributed by atoms with van der Waals surface area (Å²) in [7, 11) is 1.62. The van der Waals surface area contributed by atoms with Gasteiger partial charge in [-0.15, -0.1) is 12.4 Å². The van der Waals surface area contributed by atoms with Gasteiger partial charge < -0.3 is 15.4 Å². The average molecular weight is 299 g/mol. The third-order valence-corrected chi connectivity index (χ3v) is 3.84. The van der Waals surface area contributed by atoms with Gasteiger partial charge in [-0.2, -0.15) is 0 Å². The first-order valence-corrected chi connectivity index (χ1v) is 6.86. The van der Waals surface area contributed by atoms with Crippen molar-refractivity contribution in [3.05, 3.63) is 29.8 Å².